The molecule has 0 aromatic heterocycles. The average molecular weight is 344 g/mol. The van der Waals surface area contributed by atoms with Crippen LogP contribution >= 0.6 is 0 Å². The third-order valence-electron chi connectivity index (χ3n) is 4.79. The van der Waals surface area contributed by atoms with Gasteiger partial charge in [-0.05, 0) is 29.8 Å². The largest absolute Gasteiger partial charge is 0.497 e. The van der Waals surface area contributed by atoms with Crippen LogP contribution in [0.15, 0.2) is 30.3 Å². The predicted octanol–water partition coefficient (Wildman–Crippen LogP) is 2.78. The predicted molar refractivity (Wildman–Crippen MR) is 89.4 cm³/mol. The van der Waals surface area contributed by atoms with Crippen molar-refractivity contribution in [2.75, 3.05) is 21.3 Å². The van der Waals surface area contributed by atoms with Gasteiger partial charge >= 0.3 is 0 Å². The van der Waals surface area contributed by atoms with Crippen LogP contribution in [0.3, 0.4) is 0 Å². The second-order valence-corrected chi connectivity index (χ2v) is 6.07. The Hall–Kier alpha value is -2.44. The Morgan fingerprint density at radius 1 is 0.960 bits per heavy atom. The third kappa shape index (κ3) is 2.49. The SMILES string of the molecule is COc1ccc2c(c1)O[C@@H]1c3cc(OC)c(OC)cc3CO[C@H]1[C@@H]2O. The van der Waals surface area contributed by atoms with E-state index in [0.29, 0.717) is 35.2 Å². The maximum atomic E-state index is 10.8. The number of hydrogen-bond donors (Lipinski definition) is 1. The van der Waals surface area contributed by atoms with Crippen molar-refractivity contribution in [2.45, 2.75) is 24.9 Å². The fraction of sp³-hybridized carbons (Fsp3) is 0.368. The minimum Gasteiger partial charge on any atom is -0.497 e. The van der Waals surface area contributed by atoms with E-state index in [1.54, 1.807) is 33.5 Å². The van der Waals surface area contributed by atoms with E-state index in [4.69, 9.17) is 23.7 Å². The van der Waals surface area contributed by atoms with E-state index in [1.165, 1.54) is 0 Å². The first-order chi connectivity index (χ1) is 12.2. The highest BCUT2D eigenvalue weighted by Crippen LogP contribution is 2.48. The van der Waals surface area contributed by atoms with Crippen molar-refractivity contribution in [3.05, 3.63) is 47.0 Å². The summed E-state index contributed by atoms with van der Waals surface area (Å²) in [7, 11) is 4.79. The van der Waals surface area contributed by atoms with Gasteiger partial charge in [0.05, 0.1) is 27.9 Å². The number of rotatable bonds is 3. The molecule has 0 saturated carbocycles. The molecule has 2 aromatic rings. The number of methoxy groups -OCH3 is 3. The molecule has 132 valence electrons. The summed E-state index contributed by atoms with van der Waals surface area (Å²) in [4.78, 5) is 0. The van der Waals surface area contributed by atoms with Crippen LogP contribution in [0.5, 0.6) is 23.0 Å². The van der Waals surface area contributed by atoms with Crippen LogP contribution in [0.4, 0.5) is 0 Å². The van der Waals surface area contributed by atoms with Gasteiger partial charge in [-0.25, -0.2) is 0 Å². The van der Waals surface area contributed by atoms with E-state index in [0.717, 1.165) is 11.1 Å². The Balaban J connectivity index is 1.79. The molecular weight excluding hydrogens is 324 g/mol. The standard InChI is InChI=1S/C19H20O6/c1-21-11-4-5-12-14(7-11)25-18-13-8-16(23-3)15(22-2)6-10(13)9-24-19(18)17(12)20/h4-8,17-20H,9H2,1-3H3/t17-,18-,19+/m1/s1. The number of fused-ring (bicyclic) bond motifs is 4. The normalized spacial score (nSPS) is 23.6. The number of aliphatic hydroxyl groups excluding tert-OH is 1. The average Bonchev–Trinajstić information content (AvgIpc) is 2.66. The van der Waals surface area contributed by atoms with Crippen LogP contribution < -0.4 is 18.9 Å². The molecule has 3 atom stereocenters. The molecule has 2 aromatic carbocycles. The molecule has 0 radical (unpaired) electrons. The molecule has 0 saturated heterocycles. The molecule has 2 aliphatic heterocycles. The van der Waals surface area contributed by atoms with Crippen molar-refractivity contribution < 1.29 is 28.8 Å². The molecule has 0 aliphatic carbocycles. The van der Waals surface area contributed by atoms with E-state index >= 15 is 0 Å². The van der Waals surface area contributed by atoms with Crippen molar-refractivity contribution in [1.29, 1.82) is 0 Å². The Kier molecular flexibility index (Phi) is 3.94. The zero-order valence-electron chi connectivity index (χ0n) is 14.3. The maximum absolute atomic E-state index is 10.8. The maximum Gasteiger partial charge on any atom is 0.161 e. The van der Waals surface area contributed by atoms with Gasteiger partial charge in [0.1, 0.15) is 23.7 Å². The monoisotopic (exact) mass is 344 g/mol. The molecule has 0 fully saturated rings. The van der Waals surface area contributed by atoms with E-state index in [-0.39, 0.29) is 0 Å². The van der Waals surface area contributed by atoms with Crippen LogP contribution in [-0.4, -0.2) is 32.5 Å². The van der Waals surface area contributed by atoms with E-state index in [1.807, 2.05) is 18.2 Å². The minimum atomic E-state index is -0.777. The first-order valence-corrected chi connectivity index (χ1v) is 8.05. The highest BCUT2D eigenvalue weighted by atomic mass is 16.6. The summed E-state index contributed by atoms with van der Waals surface area (Å²) in [6.07, 6.45) is -1.69. The lowest BCUT2D eigenvalue weighted by Gasteiger charge is -2.41. The van der Waals surface area contributed by atoms with E-state index in [2.05, 4.69) is 0 Å². The smallest absolute Gasteiger partial charge is 0.161 e. The molecule has 0 amide bonds. The Morgan fingerprint density at radius 2 is 1.72 bits per heavy atom. The first-order valence-electron chi connectivity index (χ1n) is 8.05. The summed E-state index contributed by atoms with van der Waals surface area (Å²) >= 11 is 0. The number of hydrogen-bond acceptors (Lipinski definition) is 6. The molecule has 2 aliphatic rings. The van der Waals surface area contributed by atoms with Gasteiger partial charge in [-0.2, -0.15) is 0 Å². The molecule has 0 unspecified atom stereocenters. The molecule has 6 heteroatoms. The Labute approximate surface area is 145 Å². The van der Waals surface area contributed by atoms with Crippen LogP contribution in [0.25, 0.3) is 0 Å². The molecule has 2 heterocycles. The van der Waals surface area contributed by atoms with Gasteiger partial charge in [-0.3, -0.25) is 0 Å². The Bertz CT molecular complexity index is 803. The van der Waals surface area contributed by atoms with Crippen LogP contribution in [0.2, 0.25) is 0 Å². The lowest BCUT2D eigenvalue weighted by Crippen LogP contribution is -2.39. The fourth-order valence-corrected chi connectivity index (χ4v) is 3.47. The number of ether oxygens (including phenoxy) is 5. The molecular formula is C19H20O6. The molecule has 6 nitrogen and oxygen atoms in total. The van der Waals surface area contributed by atoms with Gasteiger partial charge in [-0.15, -0.1) is 0 Å². The second-order valence-electron chi connectivity index (χ2n) is 6.07. The lowest BCUT2D eigenvalue weighted by molar-refractivity contribution is -0.127. The number of aliphatic hydroxyl groups is 1. The van der Waals surface area contributed by atoms with Crippen LogP contribution in [0.1, 0.15) is 28.9 Å². The van der Waals surface area contributed by atoms with Crippen LogP contribution in [0, 0.1) is 0 Å². The summed E-state index contributed by atoms with van der Waals surface area (Å²) in [6, 6.07) is 9.18. The van der Waals surface area contributed by atoms with E-state index in [9.17, 15) is 5.11 Å². The molecule has 0 spiro atoms. The first kappa shape index (κ1) is 16.1. The quantitative estimate of drug-likeness (QED) is 0.924. The van der Waals surface area contributed by atoms with Gasteiger partial charge in [0.15, 0.2) is 17.6 Å². The van der Waals surface area contributed by atoms with Gasteiger partial charge in [0.25, 0.3) is 0 Å². The van der Waals surface area contributed by atoms with Gasteiger partial charge in [0, 0.05) is 17.2 Å². The highest BCUT2D eigenvalue weighted by Gasteiger charge is 2.43. The fourth-order valence-electron chi connectivity index (χ4n) is 3.47. The van der Waals surface area contributed by atoms with Gasteiger partial charge in [0.2, 0.25) is 0 Å². The van der Waals surface area contributed by atoms with Crippen LogP contribution in [-0.2, 0) is 11.3 Å². The van der Waals surface area contributed by atoms with Gasteiger partial charge < -0.3 is 28.8 Å². The summed E-state index contributed by atoms with van der Waals surface area (Å²) in [5, 5.41) is 10.8. The van der Waals surface area contributed by atoms with Crippen molar-refractivity contribution in [3.8, 4) is 23.0 Å². The molecule has 1 N–H and O–H groups in total. The molecule has 25 heavy (non-hydrogen) atoms. The lowest BCUT2D eigenvalue weighted by atomic mass is 9.87. The zero-order chi connectivity index (χ0) is 17.6. The second kappa shape index (κ2) is 6.13. The molecule has 0 bridgehead atoms. The van der Waals surface area contributed by atoms with E-state index < -0.39 is 18.3 Å². The minimum absolute atomic E-state index is 0.378. The Morgan fingerprint density at radius 3 is 2.44 bits per heavy atom. The zero-order valence-corrected chi connectivity index (χ0v) is 14.3. The summed E-state index contributed by atoms with van der Waals surface area (Å²) in [5.74, 6) is 2.53. The summed E-state index contributed by atoms with van der Waals surface area (Å²) in [5.41, 5.74) is 2.59. The van der Waals surface area contributed by atoms with Crippen molar-refractivity contribution in [3.63, 3.8) is 0 Å². The topological polar surface area (TPSA) is 66.4 Å². The van der Waals surface area contributed by atoms with Crippen molar-refractivity contribution in [1.82, 2.24) is 0 Å². The third-order valence-corrected chi connectivity index (χ3v) is 4.79. The number of benzene rings is 2. The summed E-state index contributed by atoms with van der Waals surface area (Å²) in [6.45, 7) is 0.378. The summed E-state index contributed by atoms with van der Waals surface area (Å²) < 4.78 is 28.1. The van der Waals surface area contributed by atoms with Gasteiger partial charge in [-0.1, -0.05) is 0 Å². The molecule has 4 rings (SSSR count). The highest BCUT2D eigenvalue weighted by molar-refractivity contribution is 5.51. The van der Waals surface area contributed by atoms with Crippen molar-refractivity contribution >= 4 is 0 Å². The van der Waals surface area contributed by atoms with Crippen molar-refractivity contribution in [2.24, 2.45) is 0 Å².